The molecule has 1 amide bonds. The first kappa shape index (κ1) is 17.1. The van der Waals surface area contributed by atoms with Crippen molar-refractivity contribution in [3.63, 3.8) is 0 Å². The number of rotatable bonds is 2. The number of benzene rings is 2. The van der Waals surface area contributed by atoms with E-state index in [0.717, 1.165) is 28.8 Å². The highest BCUT2D eigenvalue weighted by molar-refractivity contribution is 8.00. The Hall–Kier alpha value is -1.73. The van der Waals surface area contributed by atoms with E-state index in [9.17, 15) is 22.4 Å². The molecule has 1 unspecified atom stereocenters. The summed E-state index contributed by atoms with van der Waals surface area (Å²) in [7, 11) is 0. The summed E-state index contributed by atoms with van der Waals surface area (Å²) in [6.45, 7) is 0. The second-order valence-electron chi connectivity index (χ2n) is 5.11. The molecule has 1 aliphatic heterocycles. The minimum atomic E-state index is -4.53. The van der Waals surface area contributed by atoms with E-state index in [4.69, 9.17) is 11.6 Å². The van der Waals surface area contributed by atoms with Gasteiger partial charge in [-0.3, -0.25) is 9.69 Å². The minimum Gasteiger partial charge on any atom is -0.295 e. The lowest BCUT2D eigenvalue weighted by Gasteiger charge is -2.26. The number of carbonyl (C=O) groups excluding carboxylic acids is 1. The van der Waals surface area contributed by atoms with E-state index < -0.39 is 28.8 Å². The molecule has 0 radical (unpaired) electrons. The lowest BCUT2D eigenvalue weighted by Crippen LogP contribution is -2.28. The lowest BCUT2D eigenvalue weighted by atomic mass is 10.1. The van der Waals surface area contributed by atoms with Crippen LogP contribution < -0.4 is 4.90 Å². The highest BCUT2D eigenvalue weighted by Gasteiger charge is 2.38. The number of carbonyl (C=O) groups is 1. The van der Waals surface area contributed by atoms with Gasteiger partial charge in [0.2, 0.25) is 5.91 Å². The molecule has 3 rings (SSSR count). The van der Waals surface area contributed by atoms with Gasteiger partial charge in [0.1, 0.15) is 11.2 Å². The fourth-order valence-electron chi connectivity index (χ4n) is 2.50. The Labute approximate surface area is 144 Å². The molecule has 1 aliphatic rings. The van der Waals surface area contributed by atoms with Crippen LogP contribution in [-0.4, -0.2) is 11.7 Å². The maximum atomic E-state index is 14.2. The summed E-state index contributed by atoms with van der Waals surface area (Å²) < 4.78 is 52.9. The van der Waals surface area contributed by atoms with Crippen molar-refractivity contribution < 1.29 is 22.4 Å². The van der Waals surface area contributed by atoms with Crippen LogP contribution in [-0.2, 0) is 11.0 Å². The average molecular weight is 376 g/mol. The third kappa shape index (κ3) is 3.10. The molecule has 0 spiro atoms. The molecule has 0 bridgehead atoms. The topological polar surface area (TPSA) is 20.3 Å². The summed E-state index contributed by atoms with van der Waals surface area (Å²) >= 11 is 7.16. The zero-order chi connectivity index (χ0) is 17.5. The molecule has 0 N–H and O–H groups in total. The van der Waals surface area contributed by atoms with Crippen LogP contribution in [0.1, 0.15) is 16.5 Å². The first-order chi connectivity index (χ1) is 11.3. The Bertz CT molecular complexity index is 776. The van der Waals surface area contributed by atoms with Crippen molar-refractivity contribution in [3.05, 3.63) is 64.4 Å². The number of amides is 1. The highest BCUT2D eigenvalue weighted by Crippen LogP contribution is 2.45. The summed E-state index contributed by atoms with van der Waals surface area (Å²) in [6.07, 6.45) is -4.53. The molecule has 8 heteroatoms. The van der Waals surface area contributed by atoms with Crippen LogP contribution in [0.25, 0.3) is 0 Å². The monoisotopic (exact) mass is 375 g/mol. The van der Waals surface area contributed by atoms with Crippen molar-refractivity contribution in [1.82, 2.24) is 0 Å². The van der Waals surface area contributed by atoms with E-state index in [0.29, 0.717) is 0 Å². The van der Waals surface area contributed by atoms with E-state index in [1.165, 1.54) is 30.3 Å². The second kappa shape index (κ2) is 6.29. The number of nitrogens with zero attached hydrogens (tertiary/aromatic N) is 1. The second-order valence-corrected chi connectivity index (χ2v) is 6.59. The van der Waals surface area contributed by atoms with Crippen molar-refractivity contribution >= 4 is 35.0 Å². The van der Waals surface area contributed by atoms with Crippen LogP contribution in [0.3, 0.4) is 0 Å². The molecular weight excluding hydrogens is 366 g/mol. The summed E-state index contributed by atoms with van der Waals surface area (Å²) in [5.74, 6) is -0.971. The molecule has 0 aromatic heterocycles. The first-order valence-electron chi connectivity index (χ1n) is 6.84. The Morgan fingerprint density at radius 2 is 1.88 bits per heavy atom. The Kier molecular flexibility index (Phi) is 4.48. The molecule has 2 aromatic carbocycles. The standard InChI is InChI=1S/C16H10ClF4NOS/c17-11-5-2-6-12(18)14(11)15-22(13(23)8-24-15)10-4-1-3-9(7-10)16(19,20)21/h1-7,15H,8H2. The van der Waals surface area contributed by atoms with Crippen LogP contribution in [0, 0.1) is 5.82 Å². The van der Waals surface area contributed by atoms with Gasteiger partial charge >= 0.3 is 6.18 Å². The summed E-state index contributed by atoms with van der Waals surface area (Å²) in [5.41, 5.74) is -0.723. The Balaban J connectivity index is 2.07. The number of thioether (sulfide) groups is 1. The normalized spacial score (nSPS) is 18.3. The largest absolute Gasteiger partial charge is 0.416 e. The van der Waals surface area contributed by atoms with Gasteiger partial charge in [0, 0.05) is 16.3 Å². The number of halogens is 5. The maximum Gasteiger partial charge on any atom is 0.416 e. The molecule has 1 heterocycles. The van der Waals surface area contributed by atoms with E-state index in [2.05, 4.69) is 0 Å². The average Bonchev–Trinajstić information content (AvgIpc) is 2.88. The van der Waals surface area contributed by atoms with Gasteiger partial charge in [-0.05, 0) is 30.3 Å². The van der Waals surface area contributed by atoms with Gasteiger partial charge in [-0.1, -0.05) is 23.7 Å². The fourth-order valence-corrected chi connectivity index (χ4v) is 4.06. The van der Waals surface area contributed by atoms with E-state index >= 15 is 0 Å². The molecule has 0 aliphatic carbocycles. The predicted octanol–water partition coefficient (Wildman–Crippen LogP) is 5.28. The van der Waals surface area contributed by atoms with Crippen LogP contribution in [0.4, 0.5) is 23.2 Å². The van der Waals surface area contributed by atoms with Gasteiger partial charge in [0.15, 0.2) is 0 Å². The van der Waals surface area contributed by atoms with E-state index in [-0.39, 0.29) is 22.0 Å². The summed E-state index contributed by atoms with van der Waals surface area (Å²) in [6, 6.07) is 8.52. The third-order valence-corrected chi connectivity index (χ3v) is 5.07. The van der Waals surface area contributed by atoms with Crippen molar-refractivity contribution in [3.8, 4) is 0 Å². The Morgan fingerprint density at radius 3 is 2.54 bits per heavy atom. The van der Waals surface area contributed by atoms with Gasteiger partial charge in [0.25, 0.3) is 0 Å². The SMILES string of the molecule is O=C1CSC(c2c(F)cccc2Cl)N1c1cccc(C(F)(F)F)c1. The molecule has 24 heavy (non-hydrogen) atoms. The summed E-state index contributed by atoms with van der Waals surface area (Å²) in [4.78, 5) is 13.4. The molecule has 126 valence electrons. The smallest absolute Gasteiger partial charge is 0.295 e. The quantitative estimate of drug-likeness (QED) is 0.666. The zero-order valence-corrected chi connectivity index (χ0v) is 13.6. The maximum absolute atomic E-state index is 14.2. The molecule has 1 fully saturated rings. The van der Waals surface area contributed by atoms with Gasteiger partial charge < -0.3 is 0 Å². The zero-order valence-electron chi connectivity index (χ0n) is 12.0. The first-order valence-corrected chi connectivity index (χ1v) is 8.26. The number of hydrogen-bond donors (Lipinski definition) is 0. The molecule has 0 saturated carbocycles. The van der Waals surface area contributed by atoms with E-state index in [1.54, 1.807) is 0 Å². The minimum absolute atomic E-state index is 0.0333. The van der Waals surface area contributed by atoms with Crippen LogP contribution in [0.2, 0.25) is 5.02 Å². The molecule has 1 saturated heterocycles. The van der Waals surface area contributed by atoms with Gasteiger partial charge in [0.05, 0.1) is 11.3 Å². The van der Waals surface area contributed by atoms with Gasteiger partial charge in [-0.2, -0.15) is 13.2 Å². The van der Waals surface area contributed by atoms with Gasteiger partial charge in [-0.15, -0.1) is 11.8 Å². The Morgan fingerprint density at radius 1 is 1.17 bits per heavy atom. The molecule has 2 nitrogen and oxygen atoms in total. The lowest BCUT2D eigenvalue weighted by molar-refractivity contribution is -0.137. The number of hydrogen-bond acceptors (Lipinski definition) is 2. The van der Waals surface area contributed by atoms with Crippen LogP contribution >= 0.6 is 23.4 Å². The number of anilines is 1. The van der Waals surface area contributed by atoms with Crippen molar-refractivity contribution in [1.29, 1.82) is 0 Å². The molecule has 2 aromatic rings. The molecule has 1 atom stereocenters. The molecular formula is C16H10ClF4NOS. The van der Waals surface area contributed by atoms with Gasteiger partial charge in [-0.25, -0.2) is 4.39 Å². The van der Waals surface area contributed by atoms with E-state index in [1.807, 2.05) is 0 Å². The predicted molar refractivity (Wildman–Crippen MR) is 85.5 cm³/mol. The third-order valence-electron chi connectivity index (χ3n) is 3.57. The van der Waals surface area contributed by atoms with Crippen LogP contribution in [0.15, 0.2) is 42.5 Å². The van der Waals surface area contributed by atoms with Crippen LogP contribution in [0.5, 0.6) is 0 Å². The highest BCUT2D eigenvalue weighted by atomic mass is 35.5. The fraction of sp³-hybridized carbons (Fsp3) is 0.188. The van der Waals surface area contributed by atoms with Crippen molar-refractivity contribution in [2.24, 2.45) is 0 Å². The summed E-state index contributed by atoms with van der Waals surface area (Å²) in [5, 5.41) is -0.686. The van der Waals surface area contributed by atoms with Crippen molar-refractivity contribution in [2.75, 3.05) is 10.7 Å². The van der Waals surface area contributed by atoms with Crippen molar-refractivity contribution in [2.45, 2.75) is 11.6 Å². The number of alkyl halides is 3.